The van der Waals surface area contributed by atoms with Crippen molar-refractivity contribution in [1.29, 1.82) is 0 Å². The summed E-state index contributed by atoms with van der Waals surface area (Å²) in [5.41, 5.74) is 2.73. The molecular formula is C20H23N3O. The molecule has 2 aromatic carbocycles. The van der Waals surface area contributed by atoms with Crippen molar-refractivity contribution in [3.63, 3.8) is 0 Å². The lowest BCUT2D eigenvalue weighted by Crippen LogP contribution is -2.39. The van der Waals surface area contributed by atoms with Gasteiger partial charge < -0.3 is 10.3 Å². The third kappa shape index (κ3) is 3.82. The topological polar surface area (TPSA) is 57.8 Å². The second-order valence-corrected chi connectivity index (χ2v) is 6.75. The molecular weight excluding hydrogens is 298 g/mol. The molecule has 3 rings (SSSR count). The van der Waals surface area contributed by atoms with Crippen molar-refractivity contribution in [1.82, 2.24) is 15.3 Å². The van der Waals surface area contributed by atoms with E-state index in [1.165, 1.54) is 5.56 Å². The van der Waals surface area contributed by atoms with Gasteiger partial charge in [0.25, 0.3) is 0 Å². The van der Waals surface area contributed by atoms with Gasteiger partial charge in [-0.25, -0.2) is 4.98 Å². The first kappa shape index (κ1) is 16.2. The summed E-state index contributed by atoms with van der Waals surface area (Å²) in [6, 6.07) is 18.1. The van der Waals surface area contributed by atoms with E-state index in [1.807, 2.05) is 56.3 Å². The molecule has 0 aliphatic carbocycles. The highest BCUT2D eigenvalue weighted by atomic mass is 16.2. The molecule has 0 bridgehead atoms. The lowest BCUT2D eigenvalue weighted by Gasteiger charge is -2.23. The van der Waals surface area contributed by atoms with Crippen LogP contribution in [0.3, 0.4) is 0 Å². The molecule has 2 N–H and O–H groups in total. The van der Waals surface area contributed by atoms with Crippen LogP contribution in [0, 0.1) is 5.41 Å². The number of benzene rings is 2. The molecule has 24 heavy (non-hydrogen) atoms. The molecule has 0 fully saturated rings. The molecule has 124 valence electrons. The third-order valence-corrected chi connectivity index (χ3v) is 4.19. The van der Waals surface area contributed by atoms with Gasteiger partial charge in [0.2, 0.25) is 5.91 Å². The van der Waals surface area contributed by atoms with Gasteiger partial charge in [0.1, 0.15) is 5.82 Å². The van der Waals surface area contributed by atoms with Gasteiger partial charge in [-0.3, -0.25) is 4.79 Å². The van der Waals surface area contributed by atoms with Gasteiger partial charge in [0.05, 0.1) is 11.0 Å². The molecule has 1 aromatic heterocycles. The van der Waals surface area contributed by atoms with E-state index >= 15 is 0 Å². The number of carbonyl (C=O) groups excluding carboxylic acids is 1. The summed E-state index contributed by atoms with van der Waals surface area (Å²) in [4.78, 5) is 20.3. The van der Waals surface area contributed by atoms with Crippen LogP contribution in [0.4, 0.5) is 0 Å². The van der Waals surface area contributed by atoms with Crippen molar-refractivity contribution in [3.05, 3.63) is 66.0 Å². The third-order valence-electron chi connectivity index (χ3n) is 4.19. The standard InChI is InChI=1S/C20H23N3O/c1-20(2,14-15-8-4-3-5-9-15)19(24)21-13-12-18-22-16-10-6-7-11-17(16)23-18/h3-11H,12-14H2,1-2H3,(H,21,24)(H,22,23). The van der Waals surface area contributed by atoms with Gasteiger partial charge in [-0.2, -0.15) is 0 Å². The number of imidazole rings is 1. The Bertz CT molecular complexity index is 788. The molecule has 0 unspecified atom stereocenters. The molecule has 4 heteroatoms. The SMILES string of the molecule is CC(C)(Cc1ccccc1)C(=O)NCCc1nc2ccccc2[nH]1. The summed E-state index contributed by atoms with van der Waals surface area (Å²) in [6.07, 6.45) is 1.42. The van der Waals surface area contributed by atoms with Crippen molar-refractivity contribution >= 4 is 16.9 Å². The number of fused-ring (bicyclic) bond motifs is 1. The van der Waals surface area contributed by atoms with Crippen LogP contribution < -0.4 is 5.32 Å². The van der Waals surface area contributed by atoms with Crippen LogP contribution in [0.25, 0.3) is 11.0 Å². The molecule has 0 saturated heterocycles. The summed E-state index contributed by atoms with van der Waals surface area (Å²) in [6.45, 7) is 4.55. The van der Waals surface area contributed by atoms with Crippen LogP contribution in [-0.4, -0.2) is 22.4 Å². The normalized spacial score (nSPS) is 11.6. The van der Waals surface area contributed by atoms with Crippen molar-refractivity contribution in [2.24, 2.45) is 5.41 Å². The van der Waals surface area contributed by atoms with Crippen LogP contribution in [0.15, 0.2) is 54.6 Å². The molecule has 0 aliphatic heterocycles. The van der Waals surface area contributed by atoms with Gasteiger partial charge in [-0.1, -0.05) is 56.3 Å². The Balaban J connectivity index is 1.54. The zero-order chi connectivity index (χ0) is 17.0. The Hall–Kier alpha value is -2.62. The fourth-order valence-electron chi connectivity index (χ4n) is 2.84. The van der Waals surface area contributed by atoms with Crippen LogP contribution in [0.2, 0.25) is 0 Å². The van der Waals surface area contributed by atoms with E-state index in [0.717, 1.165) is 23.3 Å². The quantitative estimate of drug-likeness (QED) is 0.730. The molecule has 1 amide bonds. The molecule has 0 atom stereocenters. The lowest BCUT2D eigenvalue weighted by molar-refractivity contribution is -0.129. The minimum Gasteiger partial charge on any atom is -0.355 e. The largest absolute Gasteiger partial charge is 0.355 e. The summed E-state index contributed by atoms with van der Waals surface area (Å²) < 4.78 is 0. The summed E-state index contributed by atoms with van der Waals surface area (Å²) in [5.74, 6) is 0.972. The van der Waals surface area contributed by atoms with Crippen molar-refractivity contribution in [2.45, 2.75) is 26.7 Å². The highest BCUT2D eigenvalue weighted by Crippen LogP contribution is 2.22. The number of carbonyl (C=O) groups is 1. The fourth-order valence-corrected chi connectivity index (χ4v) is 2.84. The van der Waals surface area contributed by atoms with E-state index in [9.17, 15) is 4.79 Å². The van der Waals surface area contributed by atoms with Gasteiger partial charge in [0.15, 0.2) is 0 Å². The molecule has 0 saturated carbocycles. The number of amides is 1. The Morgan fingerprint density at radius 1 is 1.08 bits per heavy atom. The van der Waals surface area contributed by atoms with Crippen molar-refractivity contribution in [3.8, 4) is 0 Å². The van der Waals surface area contributed by atoms with E-state index in [-0.39, 0.29) is 5.91 Å². The first-order valence-corrected chi connectivity index (χ1v) is 8.30. The monoisotopic (exact) mass is 321 g/mol. The Kier molecular flexibility index (Phi) is 4.65. The molecule has 0 spiro atoms. The van der Waals surface area contributed by atoms with Gasteiger partial charge in [0, 0.05) is 18.4 Å². The van der Waals surface area contributed by atoms with E-state index < -0.39 is 5.41 Å². The maximum Gasteiger partial charge on any atom is 0.226 e. The minimum atomic E-state index is -0.435. The first-order valence-electron chi connectivity index (χ1n) is 8.30. The molecule has 3 aromatic rings. The van der Waals surface area contributed by atoms with Crippen LogP contribution >= 0.6 is 0 Å². The Morgan fingerprint density at radius 2 is 1.79 bits per heavy atom. The second-order valence-electron chi connectivity index (χ2n) is 6.75. The number of aromatic nitrogens is 2. The van der Waals surface area contributed by atoms with Crippen LogP contribution in [0.5, 0.6) is 0 Å². The van der Waals surface area contributed by atoms with Gasteiger partial charge in [-0.05, 0) is 24.1 Å². The number of rotatable bonds is 6. The smallest absolute Gasteiger partial charge is 0.226 e. The summed E-state index contributed by atoms with van der Waals surface area (Å²) in [5, 5.41) is 3.04. The number of nitrogens with zero attached hydrogens (tertiary/aromatic N) is 1. The fraction of sp³-hybridized carbons (Fsp3) is 0.300. The number of H-pyrrole nitrogens is 1. The maximum atomic E-state index is 12.5. The Morgan fingerprint density at radius 3 is 2.54 bits per heavy atom. The highest BCUT2D eigenvalue weighted by molar-refractivity contribution is 5.82. The lowest BCUT2D eigenvalue weighted by atomic mass is 9.85. The molecule has 4 nitrogen and oxygen atoms in total. The average molecular weight is 321 g/mol. The Labute approximate surface area is 142 Å². The number of hydrogen-bond acceptors (Lipinski definition) is 2. The van der Waals surface area contributed by atoms with E-state index in [0.29, 0.717) is 13.0 Å². The average Bonchev–Trinajstić information content (AvgIpc) is 2.98. The van der Waals surface area contributed by atoms with Crippen molar-refractivity contribution < 1.29 is 4.79 Å². The van der Waals surface area contributed by atoms with Gasteiger partial charge in [-0.15, -0.1) is 0 Å². The predicted molar refractivity (Wildman–Crippen MR) is 96.7 cm³/mol. The van der Waals surface area contributed by atoms with E-state index in [4.69, 9.17) is 0 Å². The zero-order valence-electron chi connectivity index (χ0n) is 14.2. The summed E-state index contributed by atoms with van der Waals surface area (Å²) in [7, 11) is 0. The van der Waals surface area contributed by atoms with E-state index in [1.54, 1.807) is 0 Å². The zero-order valence-corrected chi connectivity index (χ0v) is 14.2. The number of aromatic amines is 1. The molecule has 0 radical (unpaired) electrons. The number of nitrogens with one attached hydrogen (secondary N) is 2. The first-order chi connectivity index (χ1) is 11.5. The predicted octanol–water partition coefficient (Wildman–Crippen LogP) is 3.49. The number of para-hydroxylation sites is 2. The molecule has 0 aliphatic rings. The minimum absolute atomic E-state index is 0.0717. The van der Waals surface area contributed by atoms with Gasteiger partial charge >= 0.3 is 0 Å². The molecule has 1 heterocycles. The highest BCUT2D eigenvalue weighted by Gasteiger charge is 2.27. The summed E-state index contributed by atoms with van der Waals surface area (Å²) >= 11 is 0. The van der Waals surface area contributed by atoms with Crippen molar-refractivity contribution in [2.75, 3.05) is 6.54 Å². The second kappa shape index (κ2) is 6.87. The van der Waals surface area contributed by atoms with Crippen LogP contribution in [0.1, 0.15) is 25.2 Å². The van der Waals surface area contributed by atoms with Crippen LogP contribution in [-0.2, 0) is 17.6 Å². The number of hydrogen-bond donors (Lipinski definition) is 2. The maximum absolute atomic E-state index is 12.5. The van der Waals surface area contributed by atoms with E-state index in [2.05, 4.69) is 27.4 Å².